The maximum atomic E-state index is 9.63. The summed E-state index contributed by atoms with van der Waals surface area (Å²) in [6, 6.07) is 8.82. The molecule has 0 aliphatic carbocycles. The highest BCUT2D eigenvalue weighted by Gasteiger charge is 2.36. The molecule has 2 aromatic heterocycles. The summed E-state index contributed by atoms with van der Waals surface area (Å²) in [6.07, 6.45) is 8.63. The van der Waals surface area contributed by atoms with Gasteiger partial charge in [0, 0.05) is 59.6 Å². The monoisotopic (exact) mass is 543 g/mol. The zero-order valence-electron chi connectivity index (χ0n) is 20.2. The summed E-state index contributed by atoms with van der Waals surface area (Å²) in [7, 11) is 0. The number of hydrogen-bond acceptors (Lipinski definition) is 9. The molecule has 0 bridgehead atoms. The molecule has 0 saturated carbocycles. The fourth-order valence-corrected chi connectivity index (χ4v) is 4.11. The van der Waals surface area contributed by atoms with Crippen molar-refractivity contribution in [2.75, 3.05) is 36.2 Å². The zero-order chi connectivity index (χ0) is 26.5. The molecule has 8 nitrogen and oxygen atoms in total. The Kier molecular flexibility index (Phi) is 9.03. The van der Waals surface area contributed by atoms with Crippen molar-refractivity contribution in [3.05, 3.63) is 75.2 Å². The highest BCUT2D eigenvalue weighted by Crippen LogP contribution is 2.30. The molecule has 3 heterocycles. The third-order valence-electron chi connectivity index (χ3n) is 5.31. The van der Waals surface area contributed by atoms with E-state index in [0.717, 1.165) is 0 Å². The minimum absolute atomic E-state index is 0.126. The Labute approximate surface area is 225 Å². The lowest BCUT2D eigenvalue weighted by atomic mass is 9.93. The van der Waals surface area contributed by atoms with Crippen molar-refractivity contribution in [1.82, 2.24) is 9.97 Å². The predicted octanol–water partition coefficient (Wildman–Crippen LogP) is 4.75. The molecule has 1 aliphatic rings. The lowest BCUT2D eigenvalue weighted by Crippen LogP contribution is -2.66. The van der Waals surface area contributed by atoms with Crippen LogP contribution in [0.3, 0.4) is 0 Å². The zero-order valence-corrected chi connectivity index (χ0v) is 22.5. The number of thioether (sulfide) groups is 1. The van der Waals surface area contributed by atoms with Gasteiger partial charge in [-0.1, -0.05) is 23.2 Å². The molecule has 36 heavy (non-hydrogen) atoms. The van der Waals surface area contributed by atoms with Crippen LogP contribution in [-0.2, 0) is 6.61 Å². The summed E-state index contributed by atoms with van der Waals surface area (Å²) >= 11 is 14.1. The number of hydrogen-bond donors (Lipinski definition) is 3. The van der Waals surface area contributed by atoms with Crippen molar-refractivity contribution in [2.24, 2.45) is 5.73 Å². The van der Waals surface area contributed by atoms with Crippen LogP contribution in [0.4, 0.5) is 11.5 Å². The third-order valence-corrected chi connectivity index (χ3v) is 5.96. The van der Waals surface area contributed by atoms with Crippen molar-refractivity contribution >= 4 is 52.2 Å². The Morgan fingerprint density at radius 3 is 2.44 bits per heavy atom. The van der Waals surface area contributed by atoms with Crippen LogP contribution >= 0.6 is 35.0 Å². The van der Waals surface area contributed by atoms with E-state index < -0.39 is 0 Å². The van der Waals surface area contributed by atoms with Gasteiger partial charge in [-0.15, -0.1) is 0 Å². The fraction of sp³-hybridized carbons (Fsp3) is 0.280. The first-order valence-electron chi connectivity index (χ1n) is 10.8. The lowest BCUT2D eigenvalue weighted by Gasteiger charge is -2.46. The molecule has 1 fully saturated rings. The van der Waals surface area contributed by atoms with Gasteiger partial charge < -0.3 is 21.1 Å². The molecule has 1 aliphatic heterocycles. The fourth-order valence-electron chi connectivity index (χ4n) is 3.63. The van der Waals surface area contributed by atoms with Crippen molar-refractivity contribution in [3.8, 4) is 11.8 Å². The molecule has 0 amide bonds. The van der Waals surface area contributed by atoms with Crippen LogP contribution in [0.15, 0.2) is 42.9 Å². The number of nitrogens with two attached hydrogens (primary N) is 2. The van der Waals surface area contributed by atoms with Gasteiger partial charge in [0.25, 0.3) is 0 Å². The number of ether oxygens (including phenoxy) is 1. The van der Waals surface area contributed by atoms with Crippen molar-refractivity contribution in [1.29, 1.82) is 10.7 Å². The summed E-state index contributed by atoms with van der Waals surface area (Å²) in [5.41, 5.74) is 14.4. The molecule has 11 heteroatoms. The van der Waals surface area contributed by atoms with Crippen LogP contribution in [0.1, 0.15) is 29.2 Å². The quantitative estimate of drug-likeness (QED) is 0.299. The van der Waals surface area contributed by atoms with Crippen molar-refractivity contribution in [2.45, 2.75) is 19.1 Å². The first-order valence-corrected chi connectivity index (χ1v) is 13.2. The molecule has 0 atom stereocenters. The second-order valence-electron chi connectivity index (χ2n) is 8.62. The van der Waals surface area contributed by atoms with Crippen LogP contribution in [0.2, 0.25) is 10.0 Å². The number of nitrogens with one attached hydrogen (secondary N) is 1. The van der Waals surface area contributed by atoms with E-state index in [1.807, 2.05) is 24.3 Å². The minimum atomic E-state index is -0.292. The van der Waals surface area contributed by atoms with Gasteiger partial charge in [-0.05, 0) is 43.7 Å². The Morgan fingerprint density at radius 1 is 1.22 bits per heavy atom. The SMILES string of the molecule is CC1(N)CN(c2ncc(C(=N)c3cc(OCc4c(Cl)cncc4Cl)ccc3N)cc2C#N)C1.CSC. The number of aromatic nitrogens is 2. The van der Waals surface area contributed by atoms with E-state index in [4.69, 9.17) is 44.8 Å². The van der Waals surface area contributed by atoms with Crippen LogP contribution in [-0.4, -0.2) is 46.8 Å². The van der Waals surface area contributed by atoms with E-state index in [0.29, 0.717) is 62.6 Å². The average Bonchev–Trinajstić information content (AvgIpc) is 2.82. The van der Waals surface area contributed by atoms with E-state index in [1.165, 1.54) is 12.4 Å². The second kappa shape index (κ2) is 11.8. The Bertz CT molecular complexity index is 1280. The Balaban J connectivity index is 0.00000115. The number of rotatable bonds is 6. The molecule has 1 saturated heterocycles. The first-order chi connectivity index (χ1) is 17.1. The molecule has 3 aromatic rings. The van der Waals surface area contributed by atoms with Crippen molar-refractivity contribution < 1.29 is 4.74 Å². The number of anilines is 2. The van der Waals surface area contributed by atoms with E-state index in [9.17, 15) is 5.26 Å². The summed E-state index contributed by atoms with van der Waals surface area (Å²) in [4.78, 5) is 10.3. The normalized spacial score (nSPS) is 13.6. The average molecular weight is 545 g/mol. The molecular formula is C25H27Cl2N7OS. The van der Waals surface area contributed by atoms with E-state index in [2.05, 4.69) is 16.0 Å². The molecule has 0 unspecified atom stereocenters. The van der Waals surface area contributed by atoms with Gasteiger partial charge in [-0.2, -0.15) is 17.0 Å². The molecule has 0 spiro atoms. The highest BCUT2D eigenvalue weighted by atomic mass is 35.5. The number of halogens is 2. The largest absolute Gasteiger partial charge is 0.489 e. The molecule has 0 radical (unpaired) electrons. The molecule has 1 aromatic carbocycles. The number of nitrogens with zero attached hydrogens (tertiary/aromatic N) is 4. The molecule has 188 valence electrons. The summed E-state index contributed by atoms with van der Waals surface area (Å²) in [5.74, 6) is 1.05. The molecule has 4 rings (SSSR count). The Morgan fingerprint density at radius 2 is 1.86 bits per heavy atom. The number of nitriles is 1. The Hall–Kier alpha value is -3.03. The maximum absolute atomic E-state index is 9.63. The van der Waals surface area contributed by atoms with Gasteiger partial charge in [0.15, 0.2) is 0 Å². The maximum Gasteiger partial charge on any atom is 0.146 e. The van der Waals surface area contributed by atoms with Crippen LogP contribution in [0, 0.1) is 16.7 Å². The number of nitrogen functional groups attached to an aromatic ring is 1. The topological polar surface area (TPSA) is 138 Å². The standard InChI is InChI=1S/C23H21Cl2N7O.C2H6S/c1-23(29)11-32(12-23)22-13(6-26)4-14(7-31-22)21(28)16-5-15(2-3-20(16)27)33-10-17-18(24)8-30-9-19(17)25;1-3-2/h2-5,7-9,28H,10-12,27,29H2,1H3;1-2H3. The number of pyridine rings is 2. The predicted molar refractivity (Wildman–Crippen MR) is 149 cm³/mol. The van der Waals surface area contributed by atoms with Crippen molar-refractivity contribution in [3.63, 3.8) is 0 Å². The minimum Gasteiger partial charge on any atom is -0.489 e. The number of benzene rings is 1. The van der Waals surface area contributed by atoms with E-state index in [-0.39, 0.29) is 17.9 Å². The first kappa shape index (κ1) is 27.6. The van der Waals surface area contributed by atoms with Gasteiger partial charge in [-0.25, -0.2) is 4.98 Å². The second-order valence-corrected chi connectivity index (χ2v) is 10.3. The van der Waals surface area contributed by atoms with E-state index in [1.54, 1.807) is 42.2 Å². The van der Waals surface area contributed by atoms with E-state index >= 15 is 0 Å². The summed E-state index contributed by atoms with van der Waals surface area (Å²) in [5, 5.41) is 19.1. The summed E-state index contributed by atoms with van der Waals surface area (Å²) in [6.45, 7) is 3.31. The lowest BCUT2D eigenvalue weighted by molar-refractivity contribution is 0.306. The van der Waals surface area contributed by atoms with Gasteiger partial charge >= 0.3 is 0 Å². The summed E-state index contributed by atoms with van der Waals surface area (Å²) < 4.78 is 5.84. The van der Waals surface area contributed by atoms with Gasteiger partial charge in [0.1, 0.15) is 24.2 Å². The van der Waals surface area contributed by atoms with Crippen LogP contribution in [0.25, 0.3) is 0 Å². The van der Waals surface area contributed by atoms with Crippen LogP contribution in [0.5, 0.6) is 5.75 Å². The van der Waals surface area contributed by atoms with Gasteiger partial charge in [-0.3, -0.25) is 10.4 Å². The third kappa shape index (κ3) is 6.39. The van der Waals surface area contributed by atoms with Crippen LogP contribution < -0.4 is 21.1 Å². The highest BCUT2D eigenvalue weighted by molar-refractivity contribution is 7.97. The van der Waals surface area contributed by atoms with Gasteiger partial charge in [0.05, 0.1) is 21.3 Å². The molecular weight excluding hydrogens is 517 g/mol. The molecule has 5 N–H and O–H groups in total. The van der Waals surface area contributed by atoms with Gasteiger partial charge in [0.2, 0.25) is 0 Å². The smallest absolute Gasteiger partial charge is 0.146 e.